The molecule has 4 nitrogen and oxygen atoms in total. The van der Waals surface area contributed by atoms with Crippen LogP contribution in [0.4, 0.5) is 5.69 Å². The number of aryl methyl sites for hydroxylation is 2. The van der Waals surface area contributed by atoms with E-state index in [0.717, 1.165) is 22.4 Å². The molecule has 2 aromatic carbocycles. The van der Waals surface area contributed by atoms with Crippen molar-refractivity contribution >= 4 is 17.7 Å². The lowest BCUT2D eigenvalue weighted by Crippen LogP contribution is -2.14. The SMILES string of the molecule is CCOc1ccc(/C=C(/C#N)C(=O)Nc2ccc(C)cc2C)cc1. The van der Waals surface area contributed by atoms with Gasteiger partial charge in [-0.3, -0.25) is 4.79 Å². The lowest BCUT2D eigenvalue weighted by atomic mass is 10.1. The van der Waals surface area contributed by atoms with E-state index in [4.69, 9.17) is 4.74 Å². The summed E-state index contributed by atoms with van der Waals surface area (Å²) < 4.78 is 5.38. The van der Waals surface area contributed by atoms with E-state index >= 15 is 0 Å². The highest BCUT2D eigenvalue weighted by molar-refractivity contribution is 6.09. The third-order valence-electron chi connectivity index (χ3n) is 3.50. The fourth-order valence-corrected chi connectivity index (χ4v) is 2.29. The number of carbonyl (C=O) groups is 1. The minimum atomic E-state index is -0.418. The third kappa shape index (κ3) is 4.47. The Morgan fingerprint density at radius 2 is 1.92 bits per heavy atom. The van der Waals surface area contributed by atoms with Gasteiger partial charge in [-0.05, 0) is 56.2 Å². The molecule has 0 heterocycles. The number of carbonyl (C=O) groups excluding carboxylic acids is 1. The highest BCUT2D eigenvalue weighted by atomic mass is 16.5. The van der Waals surface area contributed by atoms with Crippen molar-refractivity contribution < 1.29 is 9.53 Å². The van der Waals surface area contributed by atoms with Crippen molar-refractivity contribution in [3.05, 3.63) is 64.7 Å². The Labute approximate surface area is 142 Å². The Kier molecular flexibility index (Phi) is 5.75. The van der Waals surface area contributed by atoms with Crippen molar-refractivity contribution in [3.63, 3.8) is 0 Å². The molecule has 2 aromatic rings. The van der Waals surface area contributed by atoms with Gasteiger partial charge in [0.2, 0.25) is 0 Å². The number of rotatable bonds is 5. The lowest BCUT2D eigenvalue weighted by molar-refractivity contribution is -0.112. The maximum atomic E-state index is 12.3. The molecular formula is C20H20N2O2. The molecule has 0 unspecified atom stereocenters. The quantitative estimate of drug-likeness (QED) is 0.662. The average Bonchev–Trinajstić information content (AvgIpc) is 2.57. The second-order valence-electron chi connectivity index (χ2n) is 5.44. The number of benzene rings is 2. The average molecular weight is 320 g/mol. The first kappa shape index (κ1) is 17.3. The molecule has 0 bridgehead atoms. The van der Waals surface area contributed by atoms with Crippen LogP contribution < -0.4 is 10.1 Å². The Hall–Kier alpha value is -3.06. The molecule has 122 valence electrons. The molecule has 0 saturated heterocycles. The smallest absolute Gasteiger partial charge is 0.266 e. The van der Waals surface area contributed by atoms with Crippen molar-refractivity contribution in [1.82, 2.24) is 0 Å². The van der Waals surface area contributed by atoms with Crippen LogP contribution in [0.2, 0.25) is 0 Å². The Balaban J connectivity index is 2.17. The highest BCUT2D eigenvalue weighted by Gasteiger charge is 2.11. The fraction of sp³-hybridized carbons (Fsp3) is 0.200. The monoisotopic (exact) mass is 320 g/mol. The molecule has 0 aliphatic heterocycles. The van der Waals surface area contributed by atoms with Crippen LogP contribution >= 0.6 is 0 Å². The standard InChI is InChI=1S/C20H20N2O2/c1-4-24-18-8-6-16(7-9-18)12-17(13-21)20(23)22-19-10-5-14(2)11-15(19)3/h5-12H,4H2,1-3H3,(H,22,23)/b17-12-. The molecule has 0 radical (unpaired) electrons. The van der Waals surface area contributed by atoms with Gasteiger partial charge in [0.25, 0.3) is 5.91 Å². The van der Waals surface area contributed by atoms with Crippen LogP contribution in [0.1, 0.15) is 23.6 Å². The van der Waals surface area contributed by atoms with Gasteiger partial charge in [0.05, 0.1) is 6.61 Å². The summed E-state index contributed by atoms with van der Waals surface area (Å²) in [6.07, 6.45) is 1.56. The van der Waals surface area contributed by atoms with Crippen LogP contribution in [0, 0.1) is 25.2 Å². The Bertz CT molecular complexity index is 799. The molecule has 24 heavy (non-hydrogen) atoms. The van der Waals surface area contributed by atoms with E-state index in [1.165, 1.54) is 0 Å². The summed E-state index contributed by atoms with van der Waals surface area (Å²) in [6, 6.07) is 15.0. The van der Waals surface area contributed by atoms with E-state index in [0.29, 0.717) is 12.3 Å². The molecule has 0 aliphatic carbocycles. The zero-order valence-corrected chi connectivity index (χ0v) is 14.1. The van der Waals surface area contributed by atoms with Crippen LogP contribution in [0.25, 0.3) is 6.08 Å². The second-order valence-corrected chi connectivity index (χ2v) is 5.44. The number of nitrogens with zero attached hydrogens (tertiary/aromatic N) is 1. The summed E-state index contributed by atoms with van der Waals surface area (Å²) >= 11 is 0. The summed E-state index contributed by atoms with van der Waals surface area (Å²) in [5, 5.41) is 12.1. The number of anilines is 1. The molecule has 0 atom stereocenters. The van der Waals surface area contributed by atoms with Crippen LogP contribution in [-0.4, -0.2) is 12.5 Å². The molecule has 0 aliphatic rings. The summed E-state index contributed by atoms with van der Waals surface area (Å²) in [5.41, 5.74) is 3.61. The minimum absolute atomic E-state index is 0.0548. The van der Waals surface area contributed by atoms with E-state index in [9.17, 15) is 10.1 Å². The zero-order chi connectivity index (χ0) is 17.5. The van der Waals surface area contributed by atoms with Gasteiger partial charge in [-0.25, -0.2) is 0 Å². The largest absolute Gasteiger partial charge is 0.494 e. The van der Waals surface area contributed by atoms with Gasteiger partial charge in [0.15, 0.2) is 0 Å². The molecule has 4 heteroatoms. The van der Waals surface area contributed by atoms with Crippen LogP contribution in [0.15, 0.2) is 48.0 Å². The van der Waals surface area contributed by atoms with Crippen molar-refractivity contribution in [2.24, 2.45) is 0 Å². The van der Waals surface area contributed by atoms with Gasteiger partial charge in [0, 0.05) is 5.69 Å². The maximum Gasteiger partial charge on any atom is 0.266 e. The number of hydrogen-bond donors (Lipinski definition) is 1. The fourth-order valence-electron chi connectivity index (χ4n) is 2.29. The van der Waals surface area contributed by atoms with E-state index in [1.54, 1.807) is 6.08 Å². The van der Waals surface area contributed by atoms with Crippen molar-refractivity contribution in [3.8, 4) is 11.8 Å². The number of ether oxygens (including phenoxy) is 1. The van der Waals surface area contributed by atoms with Crippen LogP contribution in [0.3, 0.4) is 0 Å². The molecule has 2 rings (SSSR count). The number of hydrogen-bond acceptors (Lipinski definition) is 3. The highest BCUT2D eigenvalue weighted by Crippen LogP contribution is 2.18. The first-order valence-electron chi connectivity index (χ1n) is 7.76. The van der Waals surface area contributed by atoms with Gasteiger partial charge in [-0.1, -0.05) is 29.8 Å². The van der Waals surface area contributed by atoms with Gasteiger partial charge in [-0.15, -0.1) is 0 Å². The van der Waals surface area contributed by atoms with Gasteiger partial charge < -0.3 is 10.1 Å². The Morgan fingerprint density at radius 1 is 1.21 bits per heavy atom. The first-order chi connectivity index (χ1) is 11.5. The summed E-state index contributed by atoms with van der Waals surface area (Å²) in [4.78, 5) is 12.3. The Morgan fingerprint density at radius 3 is 2.50 bits per heavy atom. The molecule has 1 N–H and O–H groups in total. The van der Waals surface area contributed by atoms with E-state index in [-0.39, 0.29) is 5.57 Å². The molecule has 1 amide bonds. The second kappa shape index (κ2) is 7.98. The van der Waals surface area contributed by atoms with Crippen LogP contribution in [-0.2, 0) is 4.79 Å². The number of nitrogens with one attached hydrogen (secondary N) is 1. The van der Waals surface area contributed by atoms with Crippen molar-refractivity contribution in [1.29, 1.82) is 5.26 Å². The first-order valence-corrected chi connectivity index (χ1v) is 7.76. The lowest BCUT2D eigenvalue weighted by Gasteiger charge is -2.08. The van der Waals surface area contributed by atoms with Crippen molar-refractivity contribution in [2.75, 3.05) is 11.9 Å². The predicted molar refractivity (Wildman–Crippen MR) is 95.7 cm³/mol. The molecule has 0 spiro atoms. The van der Waals surface area contributed by atoms with E-state index in [2.05, 4.69) is 5.32 Å². The molecule has 0 saturated carbocycles. The molecule has 0 aromatic heterocycles. The number of amides is 1. The topological polar surface area (TPSA) is 62.1 Å². The van der Waals surface area contributed by atoms with Crippen LogP contribution in [0.5, 0.6) is 5.75 Å². The zero-order valence-electron chi connectivity index (χ0n) is 14.1. The maximum absolute atomic E-state index is 12.3. The predicted octanol–water partition coefficient (Wildman–Crippen LogP) is 4.25. The van der Waals surface area contributed by atoms with E-state index < -0.39 is 5.91 Å². The van der Waals surface area contributed by atoms with Crippen molar-refractivity contribution in [2.45, 2.75) is 20.8 Å². The van der Waals surface area contributed by atoms with Gasteiger partial charge in [-0.2, -0.15) is 5.26 Å². The minimum Gasteiger partial charge on any atom is -0.494 e. The number of nitriles is 1. The summed E-state index contributed by atoms with van der Waals surface area (Å²) in [6.45, 7) is 6.42. The summed E-state index contributed by atoms with van der Waals surface area (Å²) in [7, 11) is 0. The molecule has 0 fully saturated rings. The van der Waals surface area contributed by atoms with Gasteiger partial charge in [0.1, 0.15) is 17.4 Å². The van der Waals surface area contributed by atoms with E-state index in [1.807, 2.05) is 69.3 Å². The van der Waals surface area contributed by atoms with Gasteiger partial charge >= 0.3 is 0 Å². The normalized spacial score (nSPS) is 10.8. The third-order valence-corrected chi connectivity index (χ3v) is 3.50. The molecular weight excluding hydrogens is 300 g/mol. The summed E-state index contributed by atoms with van der Waals surface area (Å²) in [5.74, 6) is 0.339.